The van der Waals surface area contributed by atoms with Gasteiger partial charge in [-0.2, -0.15) is 4.98 Å². The van der Waals surface area contributed by atoms with E-state index in [0.717, 1.165) is 46.5 Å². The molecule has 7 nitrogen and oxygen atoms in total. The van der Waals surface area contributed by atoms with E-state index in [-0.39, 0.29) is 11.8 Å². The second-order valence-electron chi connectivity index (χ2n) is 8.56. The highest BCUT2D eigenvalue weighted by Gasteiger charge is 2.30. The summed E-state index contributed by atoms with van der Waals surface area (Å²) in [4.78, 5) is 17.3. The first-order valence-corrected chi connectivity index (χ1v) is 11.2. The number of rotatable bonds is 6. The summed E-state index contributed by atoms with van der Waals surface area (Å²) in [6.07, 6.45) is 3.88. The fourth-order valence-corrected chi connectivity index (χ4v) is 4.25. The molecular weight excluding hydrogens is 412 g/mol. The van der Waals surface area contributed by atoms with Crippen molar-refractivity contribution < 1.29 is 4.79 Å². The molecule has 33 heavy (non-hydrogen) atoms. The Balaban J connectivity index is 1.42. The van der Waals surface area contributed by atoms with Crippen LogP contribution in [0.5, 0.6) is 0 Å². The summed E-state index contributed by atoms with van der Waals surface area (Å²) in [7, 11) is 0. The van der Waals surface area contributed by atoms with Crippen molar-refractivity contribution in [1.29, 1.82) is 0 Å². The lowest BCUT2D eigenvalue weighted by atomic mass is 10.2. The monoisotopic (exact) mass is 436 g/mol. The number of anilines is 2. The van der Waals surface area contributed by atoms with Crippen molar-refractivity contribution in [3.8, 4) is 5.95 Å². The van der Waals surface area contributed by atoms with Gasteiger partial charge in [-0.15, -0.1) is 5.10 Å². The number of fused-ring (bicyclic) bond motifs is 2. The standard InChI is InChI=1S/C26H24N6O/c1-17-15-20-21(28-25(33)19-12-13-19)9-5-10-22(20)32(17)26-29-24(23-11-6-14-31(23)30-26)27-16-18-7-3-2-4-8-18/h2-11,14-15,19H,12-13,16H2,1H3,(H,28,33)(H,27,29,30). The van der Waals surface area contributed by atoms with E-state index in [4.69, 9.17) is 10.1 Å². The molecule has 0 spiro atoms. The summed E-state index contributed by atoms with van der Waals surface area (Å²) < 4.78 is 3.88. The van der Waals surface area contributed by atoms with Gasteiger partial charge in [-0.25, -0.2) is 4.52 Å². The van der Waals surface area contributed by atoms with Crippen LogP contribution < -0.4 is 10.6 Å². The van der Waals surface area contributed by atoms with Crippen LogP contribution in [0.15, 0.2) is 72.9 Å². The zero-order valence-electron chi connectivity index (χ0n) is 18.3. The molecule has 2 aromatic carbocycles. The third kappa shape index (κ3) is 3.61. The van der Waals surface area contributed by atoms with E-state index >= 15 is 0 Å². The highest BCUT2D eigenvalue weighted by atomic mass is 16.2. The van der Waals surface area contributed by atoms with Gasteiger partial charge in [0.05, 0.1) is 11.2 Å². The molecule has 1 amide bonds. The lowest BCUT2D eigenvalue weighted by Gasteiger charge is -2.12. The summed E-state index contributed by atoms with van der Waals surface area (Å²) in [6, 6.07) is 22.3. The molecule has 6 rings (SSSR count). The van der Waals surface area contributed by atoms with Crippen LogP contribution in [0.1, 0.15) is 24.1 Å². The Morgan fingerprint density at radius 3 is 2.67 bits per heavy atom. The van der Waals surface area contributed by atoms with Crippen molar-refractivity contribution in [2.75, 3.05) is 10.6 Å². The third-order valence-electron chi connectivity index (χ3n) is 6.12. The van der Waals surface area contributed by atoms with E-state index in [1.165, 1.54) is 5.56 Å². The molecule has 1 aliphatic carbocycles. The van der Waals surface area contributed by atoms with Gasteiger partial charge in [-0.3, -0.25) is 9.36 Å². The van der Waals surface area contributed by atoms with Crippen molar-refractivity contribution in [3.63, 3.8) is 0 Å². The molecule has 7 heteroatoms. The minimum absolute atomic E-state index is 0.102. The Kier molecular flexibility index (Phi) is 4.61. The molecule has 0 saturated heterocycles. The highest BCUT2D eigenvalue weighted by molar-refractivity contribution is 6.03. The quantitative estimate of drug-likeness (QED) is 0.395. The second-order valence-corrected chi connectivity index (χ2v) is 8.56. The van der Waals surface area contributed by atoms with Crippen LogP contribution in [0.3, 0.4) is 0 Å². The fourth-order valence-electron chi connectivity index (χ4n) is 4.25. The molecule has 1 saturated carbocycles. The molecule has 3 aromatic heterocycles. The predicted octanol–water partition coefficient (Wildman–Crippen LogP) is 4.94. The molecule has 0 unspecified atom stereocenters. The van der Waals surface area contributed by atoms with Crippen molar-refractivity contribution in [3.05, 3.63) is 84.2 Å². The second kappa shape index (κ2) is 7.78. The van der Waals surface area contributed by atoms with Gasteiger partial charge in [0.2, 0.25) is 5.91 Å². The molecule has 3 heterocycles. The smallest absolute Gasteiger partial charge is 0.254 e. The van der Waals surface area contributed by atoms with Gasteiger partial charge in [0.25, 0.3) is 5.95 Å². The van der Waals surface area contributed by atoms with E-state index in [2.05, 4.69) is 28.8 Å². The zero-order chi connectivity index (χ0) is 22.4. The number of aryl methyl sites for hydroxylation is 1. The van der Waals surface area contributed by atoms with Crippen molar-refractivity contribution >= 4 is 33.8 Å². The summed E-state index contributed by atoms with van der Waals surface area (Å²) in [5.41, 5.74) is 4.89. The van der Waals surface area contributed by atoms with Gasteiger partial charge in [-0.1, -0.05) is 36.4 Å². The van der Waals surface area contributed by atoms with Gasteiger partial charge in [0.1, 0.15) is 5.52 Å². The molecule has 164 valence electrons. The van der Waals surface area contributed by atoms with Crippen LogP contribution in [-0.2, 0) is 11.3 Å². The number of nitrogens with one attached hydrogen (secondary N) is 2. The minimum atomic E-state index is 0.102. The molecule has 1 aliphatic rings. The Bertz CT molecular complexity index is 1480. The van der Waals surface area contributed by atoms with E-state index in [9.17, 15) is 4.79 Å². The maximum Gasteiger partial charge on any atom is 0.254 e. The largest absolute Gasteiger partial charge is 0.364 e. The van der Waals surface area contributed by atoms with Crippen LogP contribution in [0.25, 0.3) is 22.4 Å². The Morgan fingerprint density at radius 1 is 1.03 bits per heavy atom. The van der Waals surface area contributed by atoms with Crippen molar-refractivity contribution in [1.82, 2.24) is 19.2 Å². The van der Waals surface area contributed by atoms with Gasteiger partial charge >= 0.3 is 0 Å². The van der Waals surface area contributed by atoms with Gasteiger partial charge in [-0.05, 0) is 55.7 Å². The molecule has 2 N–H and O–H groups in total. The normalized spacial score (nSPS) is 13.5. The maximum atomic E-state index is 12.4. The Hall–Kier alpha value is -4.13. The maximum absolute atomic E-state index is 12.4. The Labute approximate surface area is 191 Å². The predicted molar refractivity (Wildman–Crippen MR) is 130 cm³/mol. The number of benzene rings is 2. The van der Waals surface area contributed by atoms with Gasteiger partial charge < -0.3 is 10.6 Å². The lowest BCUT2D eigenvalue weighted by Crippen LogP contribution is -2.13. The summed E-state index contributed by atoms with van der Waals surface area (Å²) in [5, 5.41) is 12.3. The average Bonchev–Trinajstić information content (AvgIpc) is 3.48. The zero-order valence-corrected chi connectivity index (χ0v) is 18.3. The molecule has 0 atom stereocenters. The number of hydrogen-bond acceptors (Lipinski definition) is 4. The van der Waals surface area contributed by atoms with E-state index in [0.29, 0.717) is 12.5 Å². The number of carbonyl (C=O) groups is 1. The lowest BCUT2D eigenvalue weighted by molar-refractivity contribution is -0.117. The topological polar surface area (TPSA) is 76.2 Å². The van der Waals surface area contributed by atoms with Gasteiger partial charge in [0.15, 0.2) is 5.82 Å². The Morgan fingerprint density at radius 2 is 1.85 bits per heavy atom. The first-order chi connectivity index (χ1) is 16.2. The number of carbonyl (C=O) groups excluding carboxylic acids is 1. The summed E-state index contributed by atoms with van der Waals surface area (Å²) >= 11 is 0. The van der Waals surface area contributed by atoms with Crippen LogP contribution in [0.2, 0.25) is 0 Å². The molecular formula is C26H24N6O. The summed E-state index contributed by atoms with van der Waals surface area (Å²) in [5.74, 6) is 1.60. The van der Waals surface area contributed by atoms with E-state index in [1.54, 1.807) is 0 Å². The first kappa shape index (κ1) is 19.5. The molecule has 0 bridgehead atoms. The molecule has 1 fully saturated rings. The number of aromatic nitrogens is 4. The van der Waals surface area contributed by atoms with Crippen LogP contribution in [-0.4, -0.2) is 25.1 Å². The minimum Gasteiger partial charge on any atom is -0.364 e. The number of nitrogens with zero attached hydrogens (tertiary/aromatic N) is 4. The van der Waals surface area contributed by atoms with Crippen LogP contribution >= 0.6 is 0 Å². The van der Waals surface area contributed by atoms with Crippen LogP contribution in [0.4, 0.5) is 11.5 Å². The average molecular weight is 437 g/mol. The first-order valence-electron chi connectivity index (χ1n) is 11.2. The van der Waals surface area contributed by atoms with Crippen LogP contribution in [0, 0.1) is 12.8 Å². The third-order valence-corrected chi connectivity index (χ3v) is 6.12. The van der Waals surface area contributed by atoms with Gasteiger partial charge in [0, 0.05) is 29.7 Å². The molecule has 0 aliphatic heterocycles. The number of amides is 1. The molecule has 0 radical (unpaired) electrons. The highest BCUT2D eigenvalue weighted by Crippen LogP contribution is 2.33. The fraction of sp³-hybridized carbons (Fsp3) is 0.192. The molecule has 5 aromatic rings. The van der Waals surface area contributed by atoms with E-state index < -0.39 is 0 Å². The van der Waals surface area contributed by atoms with Crippen molar-refractivity contribution in [2.24, 2.45) is 5.92 Å². The van der Waals surface area contributed by atoms with E-state index in [1.807, 2.05) is 70.7 Å². The number of hydrogen-bond donors (Lipinski definition) is 2. The summed E-state index contributed by atoms with van der Waals surface area (Å²) in [6.45, 7) is 2.70. The SMILES string of the molecule is Cc1cc2c(NC(=O)C3CC3)cccc2n1-c1nc(NCc2ccccc2)c2cccn2n1. The van der Waals surface area contributed by atoms with Crippen molar-refractivity contribution in [2.45, 2.75) is 26.3 Å².